The predicted molar refractivity (Wildman–Crippen MR) is 76.2 cm³/mol. The van der Waals surface area contributed by atoms with Gasteiger partial charge in [-0.25, -0.2) is 13.2 Å². The molecule has 0 aromatic heterocycles. The number of esters is 1. The van der Waals surface area contributed by atoms with Gasteiger partial charge in [0.05, 0.1) is 25.0 Å². The van der Waals surface area contributed by atoms with Crippen molar-refractivity contribution in [3.8, 4) is 0 Å². The lowest BCUT2D eigenvalue weighted by atomic mass is 10.2. The van der Waals surface area contributed by atoms with E-state index < -0.39 is 22.0 Å². The topological polar surface area (TPSA) is 110 Å². The van der Waals surface area contributed by atoms with Gasteiger partial charge in [-0.1, -0.05) is 0 Å². The van der Waals surface area contributed by atoms with Crippen LogP contribution in [0, 0.1) is 0 Å². The maximum absolute atomic E-state index is 12.6. The van der Waals surface area contributed by atoms with Crippen molar-refractivity contribution in [2.45, 2.75) is 23.8 Å². The van der Waals surface area contributed by atoms with Crippen molar-refractivity contribution in [1.29, 1.82) is 0 Å². The summed E-state index contributed by atoms with van der Waals surface area (Å²) >= 11 is 0. The third kappa shape index (κ3) is 2.87. The number of anilines is 1. The maximum atomic E-state index is 12.6. The van der Waals surface area contributed by atoms with Crippen LogP contribution in [0.1, 0.15) is 23.2 Å². The smallest absolute Gasteiger partial charge is 0.337 e. The number of rotatable bonds is 4. The Morgan fingerprint density at radius 2 is 2.24 bits per heavy atom. The van der Waals surface area contributed by atoms with Gasteiger partial charge in [-0.3, -0.25) is 0 Å². The van der Waals surface area contributed by atoms with Crippen LogP contribution in [0.2, 0.25) is 0 Å². The molecule has 0 aliphatic carbocycles. The number of methoxy groups -OCH3 is 1. The molecular formula is C13H18N2O5S. The summed E-state index contributed by atoms with van der Waals surface area (Å²) in [5.74, 6) is -0.583. The predicted octanol–water partition coefficient (Wildman–Crippen LogP) is 0.201. The van der Waals surface area contributed by atoms with Crippen molar-refractivity contribution >= 4 is 21.7 Å². The molecule has 116 valence electrons. The van der Waals surface area contributed by atoms with Crippen LogP contribution in [0.5, 0.6) is 0 Å². The van der Waals surface area contributed by atoms with Gasteiger partial charge >= 0.3 is 5.97 Å². The number of aliphatic hydroxyl groups excluding tert-OH is 1. The highest BCUT2D eigenvalue weighted by Gasteiger charge is 2.35. The summed E-state index contributed by atoms with van der Waals surface area (Å²) in [6.45, 7) is 0.130. The van der Waals surface area contributed by atoms with Crippen molar-refractivity contribution in [2.75, 3.05) is 26.0 Å². The molecule has 1 heterocycles. The first-order valence-electron chi connectivity index (χ1n) is 6.52. The van der Waals surface area contributed by atoms with E-state index in [1.54, 1.807) is 0 Å². The van der Waals surface area contributed by atoms with E-state index in [4.69, 9.17) is 5.73 Å². The van der Waals surface area contributed by atoms with Crippen molar-refractivity contribution in [3.63, 3.8) is 0 Å². The van der Waals surface area contributed by atoms with Crippen LogP contribution in [0.4, 0.5) is 5.69 Å². The van der Waals surface area contributed by atoms with E-state index in [0.717, 1.165) is 0 Å². The number of nitrogen functional groups attached to an aromatic ring is 1. The van der Waals surface area contributed by atoms with Gasteiger partial charge in [0.25, 0.3) is 0 Å². The zero-order valence-corrected chi connectivity index (χ0v) is 12.5. The van der Waals surface area contributed by atoms with E-state index in [9.17, 15) is 18.3 Å². The van der Waals surface area contributed by atoms with E-state index >= 15 is 0 Å². The first-order chi connectivity index (χ1) is 9.91. The molecule has 0 bridgehead atoms. The molecule has 0 unspecified atom stereocenters. The second-order valence-electron chi connectivity index (χ2n) is 4.84. The molecule has 0 radical (unpaired) electrons. The first kappa shape index (κ1) is 15.7. The highest BCUT2D eigenvalue weighted by Crippen LogP contribution is 2.29. The van der Waals surface area contributed by atoms with Crippen molar-refractivity contribution < 1.29 is 23.1 Å². The van der Waals surface area contributed by atoms with Gasteiger partial charge in [0.2, 0.25) is 10.0 Å². The Hall–Kier alpha value is -1.64. The number of nitrogens with two attached hydrogens (primary N) is 1. The molecule has 0 spiro atoms. The molecule has 1 aliphatic rings. The molecule has 1 atom stereocenters. The lowest BCUT2D eigenvalue weighted by molar-refractivity contribution is 0.0600. The van der Waals surface area contributed by atoms with Crippen LogP contribution in [0.15, 0.2) is 23.1 Å². The van der Waals surface area contributed by atoms with E-state index in [-0.39, 0.29) is 22.8 Å². The zero-order chi connectivity index (χ0) is 15.6. The van der Waals surface area contributed by atoms with Crippen molar-refractivity contribution in [2.24, 2.45) is 0 Å². The van der Waals surface area contributed by atoms with Crippen molar-refractivity contribution in [3.05, 3.63) is 23.8 Å². The summed E-state index contributed by atoms with van der Waals surface area (Å²) in [6, 6.07) is 3.51. The van der Waals surface area contributed by atoms with Crippen LogP contribution in [0.25, 0.3) is 0 Å². The van der Waals surface area contributed by atoms with Gasteiger partial charge in [0, 0.05) is 12.6 Å². The molecule has 8 heteroatoms. The monoisotopic (exact) mass is 314 g/mol. The molecule has 3 N–H and O–H groups in total. The fourth-order valence-electron chi connectivity index (χ4n) is 2.46. The lowest BCUT2D eigenvalue weighted by Gasteiger charge is -2.23. The van der Waals surface area contributed by atoms with Crippen molar-refractivity contribution in [1.82, 2.24) is 4.31 Å². The van der Waals surface area contributed by atoms with Gasteiger partial charge in [-0.15, -0.1) is 0 Å². The number of carbonyl (C=O) groups is 1. The Balaban J connectivity index is 2.39. The molecule has 1 fully saturated rings. The number of hydrogen-bond acceptors (Lipinski definition) is 6. The molecule has 2 rings (SSSR count). The minimum Gasteiger partial charge on any atom is -0.465 e. The van der Waals surface area contributed by atoms with Gasteiger partial charge in [-0.2, -0.15) is 4.31 Å². The van der Waals surface area contributed by atoms with E-state index in [1.165, 1.54) is 29.6 Å². The number of nitrogens with zero attached hydrogens (tertiary/aromatic N) is 1. The lowest BCUT2D eigenvalue weighted by Crippen LogP contribution is -2.37. The normalized spacial score (nSPS) is 19.6. The van der Waals surface area contributed by atoms with Gasteiger partial charge in [-0.05, 0) is 31.0 Å². The van der Waals surface area contributed by atoms with Crippen LogP contribution in [0.3, 0.4) is 0 Å². The highest BCUT2D eigenvalue weighted by molar-refractivity contribution is 7.89. The van der Waals surface area contributed by atoms with E-state index in [0.29, 0.717) is 19.4 Å². The summed E-state index contributed by atoms with van der Waals surface area (Å²) in [6.07, 6.45) is 1.32. The summed E-state index contributed by atoms with van der Waals surface area (Å²) in [5, 5.41) is 9.27. The summed E-state index contributed by atoms with van der Waals surface area (Å²) in [5.41, 5.74) is 5.95. The number of aliphatic hydroxyl groups is 1. The summed E-state index contributed by atoms with van der Waals surface area (Å²) in [4.78, 5) is 11.4. The number of hydrogen-bond donors (Lipinski definition) is 2. The number of sulfonamides is 1. The molecule has 21 heavy (non-hydrogen) atoms. The molecule has 1 aromatic carbocycles. The fourth-order valence-corrected chi connectivity index (χ4v) is 4.25. The molecule has 1 saturated heterocycles. The zero-order valence-electron chi connectivity index (χ0n) is 11.7. The number of ether oxygens (including phenoxy) is 1. The minimum atomic E-state index is -3.78. The number of benzene rings is 1. The second-order valence-corrected chi connectivity index (χ2v) is 6.70. The Kier molecular flexibility index (Phi) is 4.50. The highest BCUT2D eigenvalue weighted by atomic mass is 32.2. The SMILES string of the molecule is COC(=O)c1ccc(S(=O)(=O)N2CCC[C@H]2CO)c(N)c1. The molecule has 1 aromatic rings. The Bertz CT molecular complexity index is 644. The van der Waals surface area contributed by atoms with Crippen LogP contribution in [-0.4, -0.2) is 50.1 Å². The van der Waals surface area contributed by atoms with Gasteiger partial charge in [0.15, 0.2) is 0 Å². The largest absolute Gasteiger partial charge is 0.465 e. The summed E-state index contributed by atoms with van der Waals surface area (Å²) in [7, 11) is -2.55. The molecular weight excluding hydrogens is 296 g/mol. The average Bonchev–Trinajstić information content (AvgIpc) is 2.95. The van der Waals surface area contributed by atoms with Gasteiger partial charge in [0.1, 0.15) is 4.90 Å². The van der Waals surface area contributed by atoms with E-state index in [2.05, 4.69) is 4.74 Å². The molecule has 0 saturated carbocycles. The molecule has 1 aliphatic heterocycles. The summed E-state index contributed by atoms with van der Waals surface area (Å²) < 4.78 is 31.0. The molecule has 7 nitrogen and oxygen atoms in total. The molecule has 0 amide bonds. The van der Waals surface area contributed by atoms with Gasteiger partial charge < -0.3 is 15.6 Å². The standard InChI is InChI=1S/C13H18N2O5S/c1-20-13(17)9-4-5-12(11(14)7-9)21(18,19)15-6-2-3-10(15)8-16/h4-5,7,10,16H,2-3,6,8,14H2,1H3/t10-/m0/s1. The second kappa shape index (κ2) is 6.00. The Labute approximate surface area is 123 Å². The van der Waals surface area contributed by atoms with Crippen LogP contribution < -0.4 is 5.73 Å². The first-order valence-corrected chi connectivity index (χ1v) is 7.96. The quantitative estimate of drug-likeness (QED) is 0.607. The minimum absolute atomic E-state index is 0.0125. The Morgan fingerprint density at radius 3 is 2.81 bits per heavy atom. The fraction of sp³-hybridized carbons (Fsp3) is 0.462. The van der Waals surface area contributed by atoms with Crippen LogP contribution >= 0.6 is 0 Å². The Morgan fingerprint density at radius 1 is 1.52 bits per heavy atom. The third-order valence-electron chi connectivity index (χ3n) is 3.55. The van der Waals surface area contributed by atoms with Crippen LogP contribution in [-0.2, 0) is 14.8 Å². The maximum Gasteiger partial charge on any atom is 0.337 e. The third-order valence-corrected chi connectivity index (χ3v) is 5.58. The van der Waals surface area contributed by atoms with E-state index in [1.807, 2.05) is 0 Å². The number of carbonyl (C=O) groups excluding carboxylic acids is 1. The average molecular weight is 314 g/mol.